The molecule has 0 aliphatic heterocycles. The number of aryl methyl sites for hydroxylation is 2. The molecule has 0 saturated carbocycles. The van der Waals surface area contributed by atoms with Crippen LogP contribution in [0.25, 0.3) is 0 Å². The van der Waals surface area contributed by atoms with Crippen molar-refractivity contribution in [2.75, 3.05) is 20.1 Å². The van der Waals surface area contributed by atoms with Gasteiger partial charge in [-0.2, -0.15) is 5.10 Å². The Morgan fingerprint density at radius 2 is 2.14 bits per heavy atom. The summed E-state index contributed by atoms with van der Waals surface area (Å²) in [5.74, 6) is 0. The van der Waals surface area contributed by atoms with Gasteiger partial charge in [-0.1, -0.05) is 0 Å². The molecule has 0 aliphatic rings. The number of hydrogen-bond acceptors (Lipinski definition) is 3. The highest BCUT2D eigenvalue weighted by molar-refractivity contribution is 5.73. The summed E-state index contributed by atoms with van der Waals surface area (Å²) in [6.45, 7) is 7.02. The Balaban J connectivity index is 2.29. The quantitative estimate of drug-likeness (QED) is 0.747. The second-order valence-corrected chi connectivity index (χ2v) is 5.67. The number of urea groups is 1. The predicted molar refractivity (Wildman–Crippen MR) is 83.3 cm³/mol. The molecule has 0 aromatic carbocycles. The zero-order chi connectivity index (χ0) is 16.0. The first-order chi connectivity index (χ1) is 9.82. The van der Waals surface area contributed by atoms with Gasteiger partial charge in [-0.3, -0.25) is 4.68 Å². The minimum Gasteiger partial charge on any atom is -0.393 e. The van der Waals surface area contributed by atoms with Crippen LogP contribution in [0.2, 0.25) is 0 Å². The largest absolute Gasteiger partial charge is 0.393 e. The van der Waals surface area contributed by atoms with Crippen LogP contribution in [-0.2, 0) is 13.5 Å². The second kappa shape index (κ2) is 8.02. The van der Waals surface area contributed by atoms with Crippen LogP contribution in [0.5, 0.6) is 0 Å². The van der Waals surface area contributed by atoms with E-state index in [-0.39, 0.29) is 12.1 Å². The Morgan fingerprint density at radius 1 is 1.48 bits per heavy atom. The summed E-state index contributed by atoms with van der Waals surface area (Å²) in [5.41, 5.74) is 3.53. The van der Waals surface area contributed by atoms with E-state index in [9.17, 15) is 9.90 Å². The molecule has 0 aliphatic carbocycles. The molecule has 0 spiro atoms. The van der Waals surface area contributed by atoms with Crippen molar-refractivity contribution in [1.29, 1.82) is 0 Å². The molecule has 21 heavy (non-hydrogen) atoms. The highest BCUT2D eigenvalue weighted by atomic mass is 16.3. The van der Waals surface area contributed by atoms with Crippen LogP contribution in [0.3, 0.4) is 0 Å². The van der Waals surface area contributed by atoms with E-state index in [0.717, 1.165) is 18.5 Å². The number of aliphatic hydroxyl groups excluding tert-OH is 1. The number of aliphatic hydroxyl groups is 1. The summed E-state index contributed by atoms with van der Waals surface area (Å²) >= 11 is 0. The predicted octanol–water partition coefficient (Wildman–Crippen LogP) is 1.38. The van der Waals surface area contributed by atoms with E-state index in [4.69, 9.17) is 0 Å². The summed E-state index contributed by atoms with van der Waals surface area (Å²) in [6, 6.07) is -0.0877. The van der Waals surface area contributed by atoms with Crippen LogP contribution in [0.1, 0.15) is 36.7 Å². The third-order valence-electron chi connectivity index (χ3n) is 3.77. The molecule has 6 nitrogen and oxygen atoms in total. The van der Waals surface area contributed by atoms with E-state index < -0.39 is 0 Å². The van der Waals surface area contributed by atoms with Crippen molar-refractivity contribution in [3.8, 4) is 0 Å². The highest BCUT2D eigenvalue weighted by Gasteiger charge is 2.11. The molecule has 1 heterocycles. The van der Waals surface area contributed by atoms with E-state index in [2.05, 4.69) is 17.3 Å². The van der Waals surface area contributed by atoms with Crippen molar-refractivity contribution in [3.63, 3.8) is 0 Å². The molecule has 0 saturated heterocycles. The van der Waals surface area contributed by atoms with Crippen LogP contribution in [-0.4, -0.2) is 52.1 Å². The Kier molecular flexibility index (Phi) is 6.68. The number of amides is 2. The van der Waals surface area contributed by atoms with E-state index in [1.807, 2.05) is 18.7 Å². The van der Waals surface area contributed by atoms with Gasteiger partial charge in [0, 0.05) is 32.9 Å². The van der Waals surface area contributed by atoms with Crippen molar-refractivity contribution in [1.82, 2.24) is 20.0 Å². The van der Waals surface area contributed by atoms with Gasteiger partial charge in [0.2, 0.25) is 0 Å². The molecular formula is C15H28N4O2. The fourth-order valence-electron chi connectivity index (χ4n) is 2.26. The molecule has 1 rings (SSSR count). The lowest BCUT2D eigenvalue weighted by Gasteiger charge is -2.18. The highest BCUT2D eigenvalue weighted by Crippen LogP contribution is 2.13. The van der Waals surface area contributed by atoms with Gasteiger partial charge < -0.3 is 15.3 Å². The van der Waals surface area contributed by atoms with Gasteiger partial charge in [0.15, 0.2) is 0 Å². The van der Waals surface area contributed by atoms with Gasteiger partial charge in [0.25, 0.3) is 0 Å². The first kappa shape index (κ1) is 17.5. The van der Waals surface area contributed by atoms with Gasteiger partial charge in [-0.25, -0.2) is 4.79 Å². The molecule has 0 radical (unpaired) electrons. The number of rotatable bonds is 7. The zero-order valence-corrected chi connectivity index (χ0v) is 13.8. The first-order valence-corrected chi connectivity index (χ1v) is 7.49. The fourth-order valence-corrected chi connectivity index (χ4v) is 2.26. The normalized spacial score (nSPS) is 12.3. The van der Waals surface area contributed by atoms with Crippen molar-refractivity contribution in [3.05, 3.63) is 17.0 Å². The Bertz CT molecular complexity index is 468. The van der Waals surface area contributed by atoms with Crippen molar-refractivity contribution in [2.45, 2.75) is 46.1 Å². The van der Waals surface area contributed by atoms with E-state index in [0.29, 0.717) is 19.5 Å². The van der Waals surface area contributed by atoms with Crippen molar-refractivity contribution in [2.24, 2.45) is 7.05 Å². The summed E-state index contributed by atoms with van der Waals surface area (Å²) in [5, 5.41) is 16.5. The van der Waals surface area contributed by atoms with Crippen molar-refractivity contribution < 1.29 is 9.90 Å². The summed E-state index contributed by atoms with van der Waals surface area (Å²) in [4.78, 5) is 13.4. The average Bonchev–Trinajstić information content (AvgIpc) is 2.66. The third kappa shape index (κ3) is 5.38. The third-order valence-corrected chi connectivity index (χ3v) is 3.77. The van der Waals surface area contributed by atoms with Gasteiger partial charge in [-0.15, -0.1) is 0 Å². The van der Waals surface area contributed by atoms with E-state index in [1.54, 1.807) is 18.9 Å². The maximum atomic E-state index is 11.8. The van der Waals surface area contributed by atoms with Gasteiger partial charge in [0.1, 0.15) is 0 Å². The van der Waals surface area contributed by atoms with E-state index in [1.165, 1.54) is 11.3 Å². The van der Waals surface area contributed by atoms with Crippen LogP contribution >= 0.6 is 0 Å². The summed E-state index contributed by atoms with van der Waals surface area (Å²) in [7, 11) is 3.69. The zero-order valence-electron chi connectivity index (χ0n) is 13.8. The van der Waals surface area contributed by atoms with Gasteiger partial charge in [0.05, 0.1) is 11.8 Å². The number of hydrogen-bond donors (Lipinski definition) is 2. The Labute approximate surface area is 127 Å². The molecular weight excluding hydrogens is 268 g/mol. The van der Waals surface area contributed by atoms with Crippen LogP contribution < -0.4 is 5.32 Å². The smallest absolute Gasteiger partial charge is 0.317 e. The summed E-state index contributed by atoms with van der Waals surface area (Å²) in [6.07, 6.45) is 2.03. The molecule has 1 aromatic heterocycles. The molecule has 1 aromatic rings. The second-order valence-electron chi connectivity index (χ2n) is 5.67. The minimum absolute atomic E-state index is 0.0877. The average molecular weight is 296 g/mol. The standard InChI is InChI=1S/C15H28N4O2/c1-11(20)8-10-18(4)15(21)16-9-6-7-14-12(2)17-19(5)13(14)3/h11,20H,6-10H2,1-5H3,(H,16,21). The number of carbonyl (C=O) groups is 1. The molecule has 120 valence electrons. The molecule has 2 amide bonds. The maximum absolute atomic E-state index is 11.8. The van der Waals surface area contributed by atoms with Crippen molar-refractivity contribution >= 4 is 6.03 Å². The lowest BCUT2D eigenvalue weighted by molar-refractivity contribution is 0.163. The minimum atomic E-state index is -0.378. The molecule has 2 N–H and O–H groups in total. The first-order valence-electron chi connectivity index (χ1n) is 7.49. The topological polar surface area (TPSA) is 70.4 Å². The number of aromatic nitrogens is 2. The number of nitrogens with zero attached hydrogens (tertiary/aromatic N) is 3. The van der Waals surface area contributed by atoms with E-state index >= 15 is 0 Å². The van der Waals surface area contributed by atoms with Gasteiger partial charge in [-0.05, 0) is 45.6 Å². The monoisotopic (exact) mass is 296 g/mol. The molecule has 1 atom stereocenters. The summed E-state index contributed by atoms with van der Waals surface area (Å²) < 4.78 is 1.90. The molecule has 6 heteroatoms. The van der Waals surface area contributed by atoms with Crippen LogP contribution in [0, 0.1) is 13.8 Å². The SMILES string of the molecule is Cc1nn(C)c(C)c1CCCNC(=O)N(C)CCC(C)O. The maximum Gasteiger partial charge on any atom is 0.317 e. The lowest BCUT2D eigenvalue weighted by atomic mass is 10.1. The molecule has 0 fully saturated rings. The van der Waals surface area contributed by atoms with Crippen LogP contribution in [0.4, 0.5) is 4.79 Å². The van der Waals surface area contributed by atoms with Crippen LogP contribution in [0.15, 0.2) is 0 Å². The lowest BCUT2D eigenvalue weighted by Crippen LogP contribution is -2.39. The molecule has 0 bridgehead atoms. The number of carbonyl (C=O) groups excluding carboxylic acids is 1. The number of nitrogens with one attached hydrogen (secondary N) is 1. The molecule has 1 unspecified atom stereocenters. The Morgan fingerprint density at radius 3 is 2.67 bits per heavy atom. The Hall–Kier alpha value is -1.56. The fraction of sp³-hybridized carbons (Fsp3) is 0.733. The van der Waals surface area contributed by atoms with Gasteiger partial charge >= 0.3 is 6.03 Å².